The SMILES string of the molecule is NCCCc1nc2ccc(F)cc2n1-c1cncc(F)c1. The van der Waals surface area contributed by atoms with Gasteiger partial charge in [-0.15, -0.1) is 0 Å². The van der Waals surface area contributed by atoms with Crippen LogP contribution in [0.2, 0.25) is 0 Å². The smallest absolute Gasteiger partial charge is 0.143 e. The Balaban J connectivity index is 2.23. The first-order valence-corrected chi connectivity index (χ1v) is 6.67. The van der Waals surface area contributed by atoms with Crippen LogP contribution in [0.3, 0.4) is 0 Å². The van der Waals surface area contributed by atoms with Gasteiger partial charge in [-0.1, -0.05) is 0 Å². The zero-order valence-electron chi connectivity index (χ0n) is 11.3. The average molecular weight is 288 g/mol. The molecule has 0 spiro atoms. The summed E-state index contributed by atoms with van der Waals surface area (Å²) in [4.78, 5) is 8.34. The fourth-order valence-corrected chi connectivity index (χ4v) is 2.34. The van der Waals surface area contributed by atoms with Crippen LogP contribution in [0.15, 0.2) is 36.7 Å². The summed E-state index contributed by atoms with van der Waals surface area (Å²) in [5.41, 5.74) is 7.31. The molecule has 0 aliphatic carbocycles. The number of hydrogen-bond acceptors (Lipinski definition) is 3. The number of halogens is 2. The standard InChI is InChI=1S/C15H14F2N4/c16-10-3-4-13-14(7-10)21(15(20-13)2-1-5-18)12-6-11(17)8-19-9-12/h3-4,6-9H,1-2,5,18H2. The van der Waals surface area contributed by atoms with E-state index in [9.17, 15) is 8.78 Å². The van der Waals surface area contributed by atoms with Gasteiger partial charge >= 0.3 is 0 Å². The molecule has 0 fully saturated rings. The molecule has 0 unspecified atom stereocenters. The molecule has 0 radical (unpaired) electrons. The van der Waals surface area contributed by atoms with E-state index in [-0.39, 0.29) is 5.82 Å². The number of rotatable bonds is 4. The Morgan fingerprint density at radius 1 is 1.10 bits per heavy atom. The molecule has 0 bridgehead atoms. The Kier molecular flexibility index (Phi) is 3.62. The number of benzene rings is 1. The summed E-state index contributed by atoms with van der Waals surface area (Å²) in [7, 11) is 0. The van der Waals surface area contributed by atoms with Gasteiger partial charge in [0.2, 0.25) is 0 Å². The van der Waals surface area contributed by atoms with E-state index in [2.05, 4.69) is 9.97 Å². The van der Waals surface area contributed by atoms with Crippen molar-refractivity contribution in [1.29, 1.82) is 0 Å². The Morgan fingerprint density at radius 2 is 1.95 bits per heavy atom. The van der Waals surface area contributed by atoms with Crippen molar-refractivity contribution >= 4 is 11.0 Å². The fourth-order valence-electron chi connectivity index (χ4n) is 2.34. The molecular weight excluding hydrogens is 274 g/mol. The topological polar surface area (TPSA) is 56.7 Å². The van der Waals surface area contributed by atoms with Crippen LogP contribution in [0.25, 0.3) is 16.7 Å². The fraction of sp³-hybridized carbons (Fsp3) is 0.200. The number of nitrogens with two attached hydrogens (primary N) is 1. The van der Waals surface area contributed by atoms with Crippen molar-refractivity contribution in [2.24, 2.45) is 5.73 Å². The number of aromatic nitrogens is 3. The Morgan fingerprint density at radius 3 is 2.71 bits per heavy atom. The highest BCUT2D eigenvalue weighted by Gasteiger charge is 2.13. The van der Waals surface area contributed by atoms with Crippen LogP contribution in [-0.2, 0) is 6.42 Å². The van der Waals surface area contributed by atoms with Crippen molar-refractivity contribution < 1.29 is 8.78 Å². The molecule has 2 heterocycles. The maximum atomic E-state index is 13.5. The van der Waals surface area contributed by atoms with Gasteiger partial charge < -0.3 is 5.73 Å². The van der Waals surface area contributed by atoms with Gasteiger partial charge in [-0.2, -0.15) is 0 Å². The molecule has 2 N–H and O–H groups in total. The van der Waals surface area contributed by atoms with Gasteiger partial charge in [0.05, 0.1) is 29.1 Å². The number of hydrogen-bond donors (Lipinski definition) is 1. The number of imidazole rings is 1. The zero-order valence-corrected chi connectivity index (χ0v) is 11.3. The van der Waals surface area contributed by atoms with E-state index < -0.39 is 5.82 Å². The number of fused-ring (bicyclic) bond motifs is 1. The molecule has 108 valence electrons. The van der Waals surface area contributed by atoms with E-state index in [4.69, 9.17) is 5.73 Å². The first-order chi connectivity index (χ1) is 10.2. The summed E-state index contributed by atoms with van der Waals surface area (Å²) in [5, 5.41) is 0. The van der Waals surface area contributed by atoms with Crippen molar-refractivity contribution in [3.05, 3.63) is 54.1 Å². The second kappa shape index (κ2) is 5.57. The summed E-state index contributed by atoms with van der Waals surface area (Å²) < 4.78 is 28.7. The lowest BCUT2D eigenvalue weighted by Gasteiger charge is -2.08. The summed E-state index contributed by atoms with van der Waals surface area (Å²) in [5.74, 6) is -0.0950. The molecule has 0 aliphatic rings. The van der Waals surface area contributed by atoms with Crippen molar-refractivity contribution in [2.75, 3.05) is 6.54 Å². The molecular formula is C15H14F2N4. The molecule has 0 aliphatic heterocycles. The highest BCUT2D eigenvalue weighted by molar-refractivity contribution is 5.78. The van der Waals surface area contributed by atoms with Gasteiger partial charge in [-0.3, -0.25) is 9.55 Å². The predicted octanol–water partition coefficient (Wildman–Crippen LogP) is 2.59. The second-order valence-electron chi connectivity index (χ2n) is 4.75. The summed E-state index contributed by atoms with van der Waals surface area (Å²) in [6.45, 7) is 0.527. The average Bonchev–Trinajstić information content (AvgIpc) is 2.82. The summed E-state index contributed by atoms with van der Waals surface area (Å²) >= 11 is 0. The van der Waals surface area contributed by atoms with Crippen LogP contribution < -0.4 is 5.73 Å². The molecule has 21 heavy (non-hydrogen) atoms. The van der Waals surface area contributed by atoms with Crippen LogP contribution in [0, 0.1) is 11.6 Å². The third-order valence-electron chi connectivity index (χ3n) is 3.24. The molecule has 0 amide bonds. The minimum atomic E-state index is -0.449. The monoisotopic (exact) mass is 288 g/mol. The van der Waals surface area contributed by atoms with Gasteiger partial charge in [-0.25, -0.2) is 13.8 Å². The normalized spacial score (nSPS) is 11.2. The van der Waals surface area contributed by atoms with E-state index in [0.29, 0.717) is 35.5 Å². The third kappa shape index (κ3) is 2.62. The highest BCUT2D eigenvalue weighted by Crippen LogP contribution is 2.23. The molecule has 2 aromatic heterocycles. The minimum Gasteiger partial charge on any atom is -0.330 e. The van der Waals surface area contributed by atoms with Crippen molar-refractivity contribution in [3.63, 3.8) is 0 Å². The molecule has 4 nitrogen and oxygen atoms in total. The van der Waals surface area contributed by atoms with Crippen molar-refractivity contribution in [2.45, 2.75) is 12.8 Å². The summed E-state index contributed by atoms with van der Waals surface area (Å²) in [6, 6.07) is 5.71. The lowest BCUT2D eigenvalue weighted by atomic mass is 10.2. The van der Waals surface area contributed by atoms with Crippen LogP contribution in [0.4, 0.5) is 8.78 Å². The molecule has 3 rings (SSSR count). The summed E-state index contributed by atoms with van der Waals surface area (Å²) in [6.07, 6.45) is 4.03. The van der Waals surface area contributed by atoms with E-state index in [1.54, 1.807) is 10.6 Å². The molecule has 3 aromatic rings. The first-order valence-electron chi connectivity index (χ1n) is 6.67. The molecule has 1 aromatic carbocycles. The van der Waals surface area contributed by atoms with E-state index in [0.717, 1.165) is 12.6 Å². The number of aryl methyl sites for hydroxylation is 1. The maximum Gasteiger partial charge on any atom is 0.143 e. The van der Waals surface area contributed by atoms with Gasteiger partial charge in [0.15, 0.2) is 0 Å². The highest BCUT2D eigenvalue weighted by atomic mass is 19.1. The molecule has 0 saturated heterocycles. The molecule has 6 heteroatoms. The molecule has 0 saturated carbocycles. The number of nitrogens with zero attached hydrogens (tertiary/aromatic N) is 3. The van der Waals surface area contributed by atoms with E-state index >= 15 is 0 Å². The van der Waals surface area contributed by atoms with Gasteiger partial charge in [0, 0.05) is 18.6 Å². The van der Waals surface area contributed by atoms with E-state index in [1.165, 1.54) is 24.4 Å². The first kappa shape index (κ1) is 13.6. The van der Waals surface area contributed by atoms with Crippen LogP contribution in [-0.4, -0.2) is 21.1 Å². The lowest BCUT2D eigenvalue weighted by Crippen LogP contribution is -2.06. The second-order valence-corrected chi connectivity index (χ2v) is 4.75. The molecule has 0 atom stereocenters. The van der Waals surface area contributed by atoms with E-state index in [1.807, 2.05) is 0 Å². The quantitative estimate of drug-likeness (QED) is 0.802. The van der Waals surface area contributed by atoms with Crippen molar-refractivity contribution in [3.8, 4) is 5.69 Å². The van der Waals surface area contributed by atoms with Gasteiger partial charge in [0.1, 0.15) is 17.5 Å². The predicted molar refractivity (Wildman–Crippen MR) is 76.2 cm³/mol. The van der Waals surface area contributed by atoms with Gasteiger partial charge in [-0.05, 0) is 25.1 Å². The largest absolute Gasteiger partial charge is 0.330 e. The maximum absolute atomic E-state index is 13.5. The number of pyridine rings is 1. The van der Waals surface area contributed by atoms with Crippen LogP contribution in [0.5, 0.6) is 0 Å². The Labute approximate surface area is 120 Å². The zero-order chi connectivity index (χ0) is 14.8. The van der Waals surface area contributed by atoms with Crippen molar-refractivity contribution in [1.82, 2.24) is 14.5 Å². The third-order valence-corrected chi connectivity index (χ3v) is 3.24. The minimum absolute atomic E-state index is 0.363. The van der Waals surface area contributed by atoms with Crippen LogP contribution >= 0.6 is 0 Å². The van der Waals surface area contributed by atoms with Gasteiger partial charge in [0.25, 0.3) is 0 Å². The Bertz CT molecular complexity index is 782. The lowest BCUT2D eigenvalue weighted by molar-refractivity contribution is 0.619. The Hall–Kier alpha value is -2.34. The van der Waals surface area contributed by atoms with Crippen LogP contribution in [0.1, 0.15) is 12.2 Å².